The maximum Gasteiger partial charge on any atom is 0.261 e. The molecule has 0 aliphatic heterocycles. The van der Waals surface area contributed by atoms with E-state index in [-0.39, 0.29) is 16.7 Å². The van der Waals surface area contributed by atoms with E-state index in [4.69, 9.17) is 9.15 Å². The Morgan fingerprint density at radius 2 is 1.74 bits per heavy atom. The van der Waals surface area contributed by atoms with Crippen molar-refractivity contribution in [3.63, 3.8) is 0 Å². The normalized spacial score (nSPS) is 16.6. The Hall–Kier alpha value is -2.53. The summed E-state index contributed by atoms with van der Waals surface area (Å²) in [5.41, 5.74) is 4.05. The number of nitrogens with one attached hydrogen (secondary N) is 1. The first-order valence-electron chi connectivity index (χ1n) is 10.8. The summed E-state index contributed by atoms with van der Waals surface area (Å²) in [7, 11) is 1.72. The Kier molecular flexibility index (Phi) is 5.50. The van der Waals surface area contributed by atoms with Gasteiger partial charge in [0, 0.05) is 10.4 Å². The molecule has 0 fully saturated rings. The number of carbonyl (C=O) groups excluding carboxylic acids is 1. The Morgan fingerprint density at radius 1 is 1.06 bits per heavy atom. The molecule has 5 heteroatoms. The minimum atomic E-state index is -0.0938. The molecule has 4 nitrogen and oxygen atoms in total. The number of carbonyl (C=O) groups is 1. The van der Waals surface area contributed by atoms with Crippen LogP contribution >= 0.6 is 11.3 Å². The van der Waals surface area contributed by atoms with Gasteiger partial charge in [0.1, 0.15) is 17.3 Å². The minimum Gasteiger partial charge on any atom is -0.496 e. The molecule has 0 atom stereocenters. The molecular weight excluding hydrogens is 406 g/mol. The molecule has 2 aromatic heterocycles. The Morgan fingerprint density at radius 3 is 2.35 bits per heavy atom. The van der Waals surface area contributed by atoms with Gasteiger partial charge in [0.05, 0.1) is 18.5 Å². The van der Waals surface area contributed by atoms with E-state index in [0.717, 1.165) is 40.6 Å². The van der Waals surface area contributed by atoms with Crippen LogP contribution in [0.1, 0.15) is 72.9 Å². The molecule has 0 spiro atoms. The molecule has 0 saturated heterocycles. The van der Waals surface area contributed by atoms with Gasteiger partial charge in [0.2, 0.25) is 0 Å². The van der Waals surface area contributed by atoms with Crippen LogP contribution in [0, 0.1) is 6.92 Å². The average molecular weight is 438 g/mol. The molecule has 1 N–H and O–H groups in total. The first-order valence-corrected chi connectivity index (χ1v) is 11.6. The van der Waals surface area contributed by atoms with Gasteiger partial charge in [-0.25, -0.2) is 0 Å². The van der Waals surface area contributed by atoms with Crippen molar-refractivity contribution in [1.29, 1.82) is 0 Å². The van der Waals surface area contributed by atoms with Gasteiger partial charge in [-0.2, -0.15) is 0 Å². The summed E-state index contributed by atoms with van der Waals surface area (Å²) in [5, 5.41) is 2.94. The van der Waals surface area contributed by atoms with Crippen molar-refractivity contribution in [2.24, 2.45) is 0 Å². The van der Waals surface area contributed by atoms with E-state index >= 15 is 0 Å². The molecule has 1 aliphatic rings. The summed E-state index contributed by atoms with van der Waals surface area (Å²) < 4.78 is 11.3. The summed E-state index contributed by atoms with van der Waals surface area (Å²) in [4.78, 5) is 14.4. The highest BCUT2D eigenvalue weighted by Crippen LogP contribution is 2.49. The van der Waals surface area contributed by atoms with Crippen molar-refractivity contribution >= 4 is 17.2 Å². The van der Waals surface area contributed by atoms with Crippen LogP contribution in [0.2, 0.25) is 0 Å². The van der Waals surface area contributed by atoms with Crippen LogP contribution < -0.4 is 10.1 Å². The van der Waals surface area contributed by atoms with Crippen molar-refractivity contribution in [1.82, 2.24) is 5.32 Å². The van der Waals surface area contributed by atoms with Crippen LogP contribution in [0.5, 0.6) is 5.75 Å². The lowest BCUT2D eigenvalue weighted by molar-refractivity contribution is 0.0952. The third-order valence-electron chi connectivity index (χ3n) is 6.49. The van der Waals surface area contributed by atoms with Crippen molar-refractivity contribution in [2.45, 2.75) is 64.8 Å². The molecule has 31 heavy (non-hydrogen) atoms. The zero-order valence-corrected chi connectivity index (χ0v) is 20.0. The summed E-state index contributed by atoms with van der Waals surface area (Å²) in [6, 6.07) is 12.2. The number of amides is 1. The van der Waals surface area contributed by atoms with E-state index in [1.54, 1.807) is 7.11 Å². The highest BCUT2D eigenvalue weighted by Gasteiger charge is 2.38. The van der Waals surface area contributed by atoms with Gasteiger partial charge in [-0.05, 0) is 78.1 Å². The SMILES string of the molecule is COc1cc2c(cc1-c1ccc(C(=O)NCc3ccc(C)o3)s1)C(C)(C)CCC2(C)C. The highest BCUT2D eigenvalue weighted by atomic mass is 32.1. The standard InChI is InChI=1S/C26H31NO3S/c1-16-7-8-17(30-16)15-27-24(28)23-10-9-22(31-23)18-13-19-20(14-21(18)29-6)26(4,5)12-11-25(19,2)3/h7-10,13-14H,11-12,15H2,1-6H3,(H,27,28). The third kappa shape index (κ3) is 4.16. The number of thiophene rings is 1. The van der Waals surface area contributed by atoms with Crippen LogP contribution in [0.15, 0.2) is 40.8 Å². The van der Waals surface area contributed by atoms with Gasteiger partial charge >= 0.3 is 0 Å². The van der Waals surface area contributed by atoms with Crippen LogP contribution in [0.25, 0.3) is 10.4 Å². The van der Waals surface area contributed by atoms with Crippen molar-refractivity contribution in [3.05, 3.63) is 63.9 Å². The number of aryl methyl sites for hydroxylation is 1. The van der Waals surface area contributed by atoms with Crippen molar-refractivity contribution in [2.75, 3.05) is 7.11 Å². The lowest BCUT2D eigenvalue weighted by Crippen LogP contribution is -2.33. The summed E-state index contributed by atoms with van der Waals surface area (Å²) in [6.45, 7) is 11.5. The molecule has 0 radical (unpaired) electrons. The fourth-order valence-electron chi connectivity index (χ4n) is 4.39. The lowest BCUT2D eigenvalue weighted by atomic mass is 9.63. The number of benzene rings is 1. The predicted octanol–water partition coefficient (Wildman–Crippen LogP) is 6.60. The van der Waals surface area contributed by atoms with Gasteiger partial charge in [-0.3, -0.25) is 4.79 Å². The van der Waals surface area contributed by atoms with Gasteiger partial charge in [-0.1, -0.05) is 27.7 Å². The van der Waals surface area contributed by atoms with E-state index in [9.17, 15) is 4.79 Å². The van der Waals surface area contributed by atoms with Crippen LogP contribution in [0.4, 0.5) is 0 Å². The van der Waals surface area contributed by atoms with E-state index in [2.05, 4.69) is 45.1 Å². The smallest absolute Gasteiger partial charge is 0.261 e. The number of furan rings is 1. The van der Waals surface area contributed by atoms with Gasteiger partial charge < -0.3 is 14.5 Å². The number of fused-ring (bicyclic) bond motifs is 1. The van der Waals surface area contributed by atoms with E-state index < -0.39 is 0 Å². The maximum absolute atomic E-state index is 12.7. The zero-order chi connectivity index (χ0) is 22.4. The minimum absolute atomic E-state index is 0.0938. The second-order valence-electron chi connectivity index (χ2n) is 9.72. The van der Waals surface area contributed by atoms with Crippen molar-refractivity contribution in [3.8, 4) is 16.2 Å². The summed E-state index contributed by atoms with van der Waals surface area (Å²) >= 11 is 1.49. The fraction of sp³-hybridized carbons (Fsp3) is 0.423. The third-order valence-corrected chi connectivity index (χ3v) is 7.60. The number of hydrogen-bond donors (Lipinski definition) is 1. The molecule has 1 amide bonds. The second kappa shape index (κ2) is 7.86. The second-order valence-corrected chi connectivity index (χ2v) is 10.8. The van der Waals surface area contributed by atoms with Crippen molar-refractivity contribution < 1.29 is 13.9 Å². The number of methoxy groups -OCH3 is 1. The van der Waals surface area contributed by atoms with Gasteiger partial charge in [0.15, 0.2) is 0 Å². The molecule has 0 bridgehead atoms. The molecule has 0 unspecified atom stereocenters. The molecule has 4 rings (SSSR count). The zero-order valence-electron chi connectivity index (χ0n) is 19.2. The molecule has 2 heterocycles. The molecule has 164 valence electrons. The van der Waals surface area contributed by atoms with Gasteiger partial charge in [0.25, 0.3) is 5.91 Å². The van der Waals surface area contributed by atoms with E-state index in [1.807, 2.05) is 31.2 Å². The van der Waals surface area contributed by atoms with Gasteiger partial charge in [-0.15, -0.1) is 11.3 Å². The first-order chi connectivity index (χ1) is 14.6. The Labute approximate surface area is 188 Å². The number of ether oxygens (including phenoxy) is 1. The summed E-state index contributed by atoms with van der Waals surface area (Å²) in [5.74, 6) is 2.37. The first kappa shape index (κ1) is 21.7. The van der Waals surface area contributed by atoms with E-state index in [1.165, 1.54) is 22.5 Å². The molecule has 3 aromatic rings. The number of rotatable bonds is 5. The monoisotopic (exact) mass is 437 g/mol. The predicted molar refractivity (Wildman–Crippen MR) is 126 cm³/mol. The van der Waals surface area contributed by atoms with E-state index in [0.29, 0.717) is 11.4 Å². The molecule has 1 aliphatic carbocycles. The van der Waals surface area contributed by atoms with Crippen LogP contribution in [-0.4, -0.2) is 13.0 Å². The molecular formula is C26H31NO3S. The number of hydrogen-bond acceptors (Lipinski definition) is 4. The average Bonchev–Trinajstić information content (AvgIpc) is 3.38. The molecule has 1 aromatic carbocycles. The lowest BCUT2D eigenvalue weighted by Gasteiger charge is -2.42. The van der Waals surface area contributed by atoms with Crippen LogP contribution in [0.3, 0.4) is 0 Å². The topological polar surface area (TPSA) is 51.5 Å². The Bertz CT molecular complexity index is 1120. The Balaban J connectivity index is 1.64. The largest absolute Gasteiger partial charge is 0.496 e. The summed E-state index contributed by atoms with van der Waals surface area (Å²) in [6.07, 6.45) is 2.32. The quantitative estimate of drug-likeness (QED) is 0.489. The molecule has 0 saturated carbocycles. The maximum atomic E-state index is 12.7. The fourth-order valence-corrected chi connectivity index (χ4v) is 5.34. The highest BCUT2D eigenvalue weighted by molar-refractivity contribution is 7.17. The van der Waals surface area contributed by atoms with Crippen LogP contribution in [-0.2, 0) is 17.4 Å².